The quantitative estimate of drug-likeness (QED) is 0.518. The number of carbonyl (C=O) groups is 2. The van der Waals surface area contributed by atoms with Crippen molar-refractivity contribution in [3.8, 4) is 0 Å². The molecule has 0 aromatic heterocycles. The summed E-state index contributed by atoms with van der Waals surface area (Å²) in [5.74, 6) is -1.91. The number of hydrogen-bond acceptors (Lipinski definition) is 5. The molecule has 124 valence electrons. The Morgan fingerprint density at radius 1 is 1.05 bits per heavy atom. The lowest BCUT2D eigenvalue weighted by Crippen LogP contribution is -2.36. The summed E-state index contributed by atoms with van der Waals surface area (Å²) >= 11 is 0. The molecule has 0 aliphatic rings. The number of esters is 1. The van der Waals surface area contributed by atoms with Crippen molar-refractivity contribution in [1.82, 2.24) is 0 Å². The Kier molecular flexibility index (Phi) is 7.75. The SMILES string of the molecule is CCCC(C)C(=O)OC(C)(C)OC(=O)OCCC(C)(C)C. The second-order valence-corrected chi connectivity index (χ2v) is 7.02. The van der Waals surface area contributed by atoms with Gasteiger partial charge in [0.15, 0.2) is 0 Å². The smallest absolute Gasteiger partial charge is 0.434 e. The van der Waals surface area contributed by atoms with Crippen LogP contribution in [0, 0.1) is 11.3 Å². The minimum Gasteiger partial charge on any atom is -0.434 e. The van der Waals surface area contributed by atoms with Gasteiger partial charge >= 0.3 is 12.1 Å². The van der Waals surface area contributed by atoms with Gasteiger partial charge in [0.1, 0.15) is 0 Å². The second-order valence-electron chi connectivity index (χ2n) is 7.02. The van der Waals surface area contributed by atoms with Gasteiger partial charge in [0.2, 0.25) is 0 Å². The number of carbonyl (C=O) groups excluding carboxylic acids is 2. The Bertz CT molecular complexity index is 341. The molecule has 0 N–H and O–H groups in total. The third-order valence-corrected chi connectivity index (χ3v) is 2.87. The van der Waals surface area contributed by atoms with E-state index >= 15 is 0 Å². The third kappa shape index (κ3) is 10.2. The molecule has 0 radical (unpaired) electrons. The van der Waals surface area contributed by atoms with Crippen molar-refractivity contribution in [3.05, 3.63) is 0 Å². The standard InChI is InChI=1S/C16H30O5/c1-8-9-12(2)13(17)20-16(6,7)21-14(18)19-11-10-15(3,4)5/h12H,8-11H2,1-7H3. The average molecular weight is 302 g/mol. The zero-order valence-electron chi connectivity index (χ0n) is 14.4. The summed E-state index contributed by atoms with van der Waals surface area (Å²) in [6, 6.07) is 0. The van der Waals surface area contributed by atoms with Crippen molar-refractivity contribution < 1.29 is 23.8 Å². The molecule has 1 unspecified atom stereocenters. The first-order chi connectivity index (χ1) is 9.47. The molecule has 0 rings (SSSR count). The molecule has 0 aliphatic carbocycles. The molecule has 0 aromatic carbocycles. The van der Waals surface area contributed by atoms with Gasteiger partial charge in [-0.3, -0.25) is 4.79 Å². The van der Waals surface area contributed by atoms with E-state index in [0.29, 0.717) is 0 Å². The molecule has 0 heterocycles. The van der Waals surface area contributed by atoms with Crippen molar-refractivity contribution in [2.45, 2.75) is 73.5 Å². The van der Waals surface area contributed by atoms with Crippen LogP contribution in [0.4, 0.5) is 4.79 Å². The highest BCUT2D eigenvalue weighted by Gasteiger charge is 2.30. The van der Waals surface area contributed by atoms with Crippen LogP contribution >= 0.6 is 0 Å². The van der Waals surface area contributed by atoms with Gasteiger partial charge in [-0.05, 0) is 18.3 Å². The lowest BCUT2D eigenvalue weighted by atomic mass is 9.93. The van der Waals surface area contributed by atoms with Crippen molar-refractivity contribution in [2.24, 2.45) is 11.3 Å². The molecule has 0 spiro atoms. The Hall–Kier alpha value is -1.26. The van der Waals surface area contributed by atoms with Crippen LogP contribution < -0.4 is 0 Å². The summed E-state index contributed by atoms with van der Waals surface area (Å²) in [6.45, 7) is 13.3. The lowest BCUT2D eigenvalue weighted by molar-refractivity contribution is -0.204. The molecule has 0 saturated heterocycles. The average Bonchev–Trinajstić information content (AvgIpc) is 2.25. The zero-order valence-corrected chi connectivity index (χ0v) is 14.4. The highest BCUT2D eigenvalue weighted by atomic mass is 16.8. The Balaban J connectivity index is 4.21. The van der Waals surface area contributed by atoms with Gasteiger partial charge in [-0.25, -0.2) is 4.79 Å². The van der Waals surface area contributed by atoms with E-state index in [9.17, 15) is 9.59 Å². The molecule has 0 aromatic rings. The minimum atomic E-state index is -1.32. The normalized spacial score (nSPS) is 13.5. The van der Waals surface area contributed by atoms with Gasteiger partial charge in [-0.1, -0.05) is 41.0 Å². The van der Waals surface area contributed by atoms with Gasteiger partial charge in [0, 0.05) is 13.8 Å². The Morgan fingerprint density at radius 3 is 2.10 bits per heavy atom. The van der Waals surface area contributed by atoms with E-state index in [1.807, 2.05) is 6.92 Å². The molecule has 0 amide bonds. The van der Waals surface area contributed by atoms with E-state index in [0.717, 1.165) is 19.3 Å². The summed E-state index contributed by atoms with van der Waals surface area (Å²) in [6.07, 6.45) is 1.55. The Labute approximate surface area is 128 Å². The lowest BCUT2D eigenvalue weighted by Gasteiger charge is -2.26. The topological polar surface area (TPSA) is 61.8 Å². The van der Waals surface area contributed by atoms with Gasteiger partial charge < -0.3 is 14.2 Å². The van der Waals surface area contributed by atoms with Crippen LogP contribution in [0.15, 0.2) is 0 Å². The van der Waals surface area contributed by atoms with Crippen LogP contribution in [-0.4, -0.2) is 24.5 Å². The first-order valence-corrected chi connectivity index (χ1v) is 7.55. The third-order valence-electron chi connectivity index (χ3n) is 2.87. The molecule has 0 aliphatic heterocycles. The van der Waals surface area contributed by atoms with Crippen LogP contribution in [-0.2, 0) is 19.0 Å². The number of rotatable bonds is 7. The van der Waals surface area contributed by atoms with Crippen LogP contribution in [0.3, 0.4) is 0 Å². The zero-order chi connectivity index (χ0) is 16.7. The fourth-order valence-electron chi connectivity index (χ4n) is 1.59. The van der Waals surface area contributed by atoms with E-state index in [4.69, 9.17) is 14.2 Å². The van der Waals surface area contributed by atoms with Gasteiger partial charge in [0.05, 0.1) is 12.5 Å². The largest absolute Gasteiger partial charge is 0.511 e. The minimum absolute atomic E-state index is 0.0812. The monoisotopic (exact) mass is 302 g/mol. The molecular formula is C16H30O5. The maximum Gasteiger partial charge on any atom is 0.511 e. The molecule has 0 bridgehead atoms. The number of hydrogen-bond donors (Lipinski definition) is 0. The molecule has 0 fully saturated rings. The van der Waals surface area contributed by atoms with Crippen molar-refractivity contribution >= 4 is 12.1 Å². The highest BCUT2D eigenvalue weighted by molar-refractivity contribution is 5.72. The first-order valence-electron chi connectivity index (χ1n) is 7.55. The van der Waals surface area contributed by atoms with Crippen LogP contribution in [0.2, 0.25) is 0 Å². The van der Waals surface area contributed by atoms with Crippen LogP contribution in [0.25, 0.3) is 0 Å². The number of ether oxygens (including phenoxy) is 3. The van der Waals surface area contributed by atoms with E-state index in [1.165, 1.54) is 13.8 Å². The molecular weight excluding hydrogens is 272 g/mol. The predicted octanol–water partition coefficient (Wildman–Crippen LogP) is 4.29. The maximum absolute atomic E-state index is 11.8. The Morgan fingerprint density at radius 2 is 1.62 bits per heavy atom. The van der Waals surface area contributed by atoms with Gasteiger partial charge in [0.25, 0.3) is 5.79 Å². The summed E-state index contributed by atoms with van der Waals surface area (Å²) in [7, 11) is 0. The van der Waals surface area contributed by atoms with Gasteiger partial charge in [-0.2, -0.15) is 0 Å². The molecule has 21 heavy (non-hydrogen) atoms. The first kappa shape index (κ1) is 19.7. The summed E-state index contributed by atoms with van der Waals surface area (Å²) < 4.78 is 15.2. The van der Waals surface area contributed by atoms with Gasteiger partial charge in [-0.15, -0.1) is 0 Å². The van der Waals surface area contributed by atoms with E-state index in [2.05, 4.69) is 20.8 Å². The fraction of sp³-hybridized carbons (Fsp3) is 0.875. The summed E-state index contributed by atoms with van der Waals surface area (Å²) in [4.78, 5) is 23.4. The molecule has 5 heteroatoms. The maximum atomic E-state index is 11.8. The van der Waals surface area contributed by atoms with Crippen molar-refractivity contribution in [2.75, 3.05) is 6.61 Å². The van der Waals surface area contributed by atoms with Crippen LogP contribution in [0.1, 0.15) is 67.7 Å². The second kappa shape index (κ2) is 8.25. The van der Waals surface area contributed by atoms with Crippen molar-refractivity contribution in [3.63, 3.8) is 0 Å². The molecule has 5 nitrogen and oxygen atoms in total. The highest BCUT2D eigenvalue weighted by Crippen LogP contribution is 2.20. The molecule has 0 saturated carbocycles. The van der Waals surface area contributed by atoms with Crippen molar-refractivity contribution in [1.29, 1.82) is 0 Å². The summed E-state index contributed by atoms with van der Waals surface area (Å²) in [5.41, 5.74) is 0.0812. The van der Waals surface area contributed by atoms with Crippen LogP contribution in [0.5, 0.6) is 0 Å². The predicted molar refractivity (Wildman–Crippen MR) is 80.7 cm³/mol. The molecule has 1 atom stereocenters. The fourth-order valence-corrected chi connectivity index (χ4v) is 1.59. The van der Waals surface area contributed by atoms with E-state index in [1.54, 1.807) is 6.92 Å². The summed E-state index contributed by atoms with van der Waals surface area (Å²) in [5, 5.41) is 0. The van der Waals surface area contributed by atoms with E-state index < -0.39 is 11.9 Å². The van der Waals surface area contributed by atoms with E-state index in [-0.39, 0.29) is 23.9 Å².